The van der Waals surface area contributed by atoms with Crippen LogP contribution in [0.2, 0.25) is 0 Å². The van der Waals surface area contributed by atoms with Gasteiger partial charge in [0.15, 0.2) is 11.6 Å². The van der Waals surface area contributed by atoms with Crippen LogP contribution in [0.3, 0.4) is 0 Å². The lowest BCUT2D eigenvalue weighted by Crippen LogP contribution is -2.45. The number of aromatic nitrogens is 3. The van der Waals surface area contributed by atoms with Crippen molar-refractivity contribution in [2.45, 2.75) is 13.8 Å². The molecule has 3 heterocycles. The number of benzene rings is 2. The number of likely N-dealkylation sites (N-methyl/N-ethyl adjacent to an activating group) is 1. The molecule has 0 aliphatic carbocycles. The van der Waals surface area contributed by atoms with Gasteiger partial charge in [-0.05, 0) is 56.8 Å². The third kappa shape index (κ3) is 5.99. The number of amides is 1. The molecule has 2 aromatic carbocycles. The predicted molar refractivity (Wildman–Crippen MR) is 143 cm³/mol. The van der Waals surface area contributed by atoms with Crippen molar-refractivity contribution in [2.24, 2.45) is 0 Å². The molecule has 9 nitrogen and oxygen atoms in total. The summed E-state index contributed by atoms with van der Waals surface area (Å²) in [5, 5.41) is 6.88. The summed E-state index contributed by atoms with van der Waals surface area (Å²) in [6, 6.07) is 7.94. The van der Waals surface area contributed by atoms with Crippen LogP contribution >= 0.6 is 0 Å². The van der Waals surface area contributed by atoms with Crippen LogP contribution in [-0.4, -0.2) is 76.7 Å². The van der Waals surface area contributed by atoms with Gasteiger partial charge in [0.2, 0.25) is 5.88 Å². The minimum atomic E-state index is -0.687. The largest absolute Gasteiger partial charge is 0.490 e. The summed E-state index contributed by atoms with van der Waals surface area (Å²) in [7, 11) is 2.12. The van der Waals surface area contributed by atoms with E-state index in [9.17, 15) is 13.6 Å². The Morgan fingerprint density at radius 3 is 2.59 bits per heavy atom. The highest BCUT2D eigenvalue weighted by Crippen LogP contribution is 2.33. The molecule has 39 heavy (non-hydrogen) atoms. The Morgan fingerprint density at radius 1 is 1.05 bits per heavy atom. The second-order valence-corrected chi connectivity index (χ2v) is 9.63. The lowest BCUT2D eigenvalue weighted by Gasteiger charge is -2.32. The Balaban J connectivity index is 1.27. The van der Waals surface area contributed by atoms with Gasteiger partial charge in [-0.2, -0.15) is 10.1 Å². The molecule has 1 aliphatic rings. The molecule has 0 unspecified atom stereocenters. The number of aryl methyl sites for hydroxylation is 2. The van der Waals surface area contributed by atoms with Crippen LogP contribution in [0.25, 0.3) is 5.52 Å². The highest BCUT2D eigenvalue weighted by Gasteiger charge is 2.19. The Kier molecular flexibility index (Phi) is 7.71. The van der Waals surface area contributed by atoms with Crippen LogP contribution in [0.1, 0.15) is 21.5 Å². The minimum Gasteiger partial charge on any atom is -0.490 e. The van der Waals surface area contributed by atoms with E-state index in [1.54, 1.807) is 17.6 Å². The molecular weight excluding hydrogens is 506 g/mol. The van der Waals surface area contributed by atoms with Crippen molar-refractivity contribution in [3.63, 3.8) is 0 Å². The van der Waals surface area contributed by atoms with E-state index in [1.165, 1.54) is 36.7 Å². The van der Waals surface area contributed by atoms with E-state index in [4.69, 9.17) is 9.47 Å². The summed E-state index contributed by atoms with van der Waals surface area (Å²) in [6.07, 6.45) is 3.09. The number of ether oxygens (including phenoxy) is 2. The molecule has 0 saturated carbocycles. The van der Waals surface area contributed by atoms with Gasteiger partial charge in [-0.25, -0.2) is 13.3 Å². The summed E-state index contributed by atoms with van der Waals surface area (Å²) in [4.78, 5) is 21.5. The molecule has 1 saturated heterocycles. The molecule has 1 aliphatic heterocycles. The fourth-order valence-electron chi connectivity index (χ4n) is 4.53. The number of halogens is 2. The van der Waals surface area contributed by atoms with Crippen molar-refractivity contribution in [3.05, 3.63) is 77.2 Å². The van der Waals surface area contributed by atoms with E-state index >= 15 is 0 Å². The first-order valence-electron chi connectivity index (χ1n) is 12.7. The topological polar surface area (TPSA) is 84.2 Å². The summed E-state index contributed by atoms with van der Waals surface area (Å²) < 4.78 is 41.8. The number of fused-ring (bicyclic) bond motifs is 1. The summed E-state index contributed by atoms with van der Waals surface area (Å²) >= 11 is 0. The van der Waals surface area contributed by atoms with Crippen LogP contribution in [0.4, 0.5) is 14.5 Å². The molecule has 4 aromatic rings. The first kappa shape index (κ1) is 26.5. The van der Waals surface area contributed by atoms with Crippen LogP contribution < -0.4 is 14.8 Å². The smallest absolute Gasteiger partial charge is 0.255 e. The van der Waals surface area contributed by atoms with Crippen molar-refractivity contribution < 1.29 is 23.0 Å². The maximum atomic E-state index is 15.0. The minimum absolute atomic E-state index is 0.0651. The van der Waals surface area contributed by atoms with Crippen LogP contribution in [0.15, 0.2) is 48.9 Å². The lowest BCUT2D eigenvalue weighted by atomic mass is 10.1. The normalized spacial score (nSPS) is 14.5. The fraction of sp³-hybridized carbons (Fsp3) is 0.321. The van der Waals surface area contributed by atoms with Gasteiger partial charge < -0.3 is 19.7 Å². The Hall–Kier alpha value is -4.09. The molecule has 1 amide bonds. The molecule has 1 N–H and O–H groups in total. The van der Waals surface area contributed by atoms with Gasteiger partial charge in [-0.1, -0.05) is 0 Å². The van der Waals surface area contributed by atoms with Crippen LogP contribution in [-0.2, 0) is 0 Å². The standard InChI is InChI=1S/C28H30F2N6O3/c1-18-14-20(29)4-6-22(18)27(37)33-21-5-7-24(23(30)15-21)39-28-26-19(2)25(16-36(26)32-17-31-28)38-13-12-35-10-8-34(3)9-11-35/h4-7,14-17H,8-13H2,1-3H3,(H,33,37). The van der Waals surface area contributed by atoms with Gasteiger partial charge in [-0.15, -0.1) is 0 Å². The number of carbonyl (C=O) groups is 1. The molecular formula is C28H30F2N6O3. The summed E-state index contributed by atoms with van der Waals surface area (Å²) in [5.41, 5.74) is 2.35. The van der Waals surface area contributed by atoms with E-state index in [1.807, 2.05) is 6.92 Å². The number of nitrogens with zero attached hydrogens (tertiary/aromatic N) is 5. The van der Waals surface area contributed by atoms with E-state index in [2.05, 4.69) is 32.2 Å². The Labute approximate surface area is 225 Å². The molecule has 0 spiro atoms. The van der Waals surface area contributed by atoms with Gasteiger partial charge in [0, 0.05) is 55.6 Å². The monoisotopic (exact) mass is 536 g/mol. The number of rotatable bonds is 8. The molecule has 0 atom stereocenters. The maximum Gasteiger partial charge on any atom is 0.255 e. The average Bonchev–Trinajstić information content (AvgIpc) is 3.23. The van der Waals surface area contributed by atoms with Crippen molar-refractivity contribution in [1.29, 1.82) is 0 Å². The summed E-state index contributed by atoms with van der Waals surface area (Å²) in [6.45, 7) is 8.98. The fourth-order valence-corrected chi connectivity index (χ4v) is 4.53. The Morgan fingerprint density at radius 2 is 1.85 bits per heavy atom. The molecule has 0 radical (unpaired) electrons. The van der Waals surface area contributed by atoms with Crippen molar-refractivity contribution >= 4 is 17.1 Å². The highest BCUT2D eigenvalue weighted by atomic mass is 19.1. The van der Waals surface area contributed by atoms with Crippen LogP contribution in [0, 0.1) is 25.5 Å². The zero-order valence-corrected chi connectivity index (χ0v) is 22.1. The number of carbonyl (C=O) groups excluding carboxylic acids is 1. The SMILES string of the molecule is Cc1cc(F)ccc1C(=O)Nc1ccc(Oc2ncnn3cc(OCCN4CCN(C)CC4)c(C)c23)c(F)c1. The molecule has 1 fully saturated rings. The number of anilines is 1. The molecule has 11 heteroatoms. The van der Waals surface area contributed by atoms with Gasteiger partial charge in [-0.3, -0.25) is 9.69 Å². The molecule has 0 bridgehead atoms. The van der Waals surface area contributed by atoms with Gasteiger partial charge in [0.05, 0.1) is 6.20 Å². The molecule has 204 valence electrons. The number of hydrogen-bond acceptors (Lipinski definition) is 7. The lowest BCUT2D eigenvalue weighted by molar-refractivity contribution is 0.102. The highest BCUT2D eigenvalue weighted by molar-refractivity contribution is 6.05. The third-order valence-electron chi connectivity index (χ3n) is 6.84. The third-order valence-corrected chi connectivity index (χ3v) is 6.84. The number of piperazine rings is 1. The van der Waals surface area contributed by atoms with Gasteiger partial charge in [0.1, 0.15) is 30.0 Å². The van der Waals surface area contributed by atoms with Crippen molar-refractivity contribution in [3.8, 4) is 17.4 Å². The first-order chi connectivity index (χ1) is 18.8. The first-order valence-corrected chi connectivity index (χ1v) is 12.7. The second-order valence-electron chi connectivity index (χ2n) is 9.63. The number of nitrogens with one attached hydrogen (secondary N) is 1. The van der Waals surface area contributed by atoms with Crippen molar-refractivity contribution in [2.75, 3.05) is 51.7 Å². The van der Waals surface area contributed by atoms with E-state index in [0.717, 1.165) is 44.4 Å². The zero-order valence-electron chi connectivity index (χ0n) is 22.1. The quantitative estimate of drug-likeness (QED) is 0.360. The van der Waals surface area contributed by atoms with Crippen molar-refractivity contribution in [1.82, 2.24) is 24.4 Å². The van der Waals surface area contributed by atoms with Gasteiger partial charge in [0.25, 0.3) is 5.91 Å². The second kappa shape index (κ2) is 11.3. The van der Waals surface area contributed by atoms with Gasteiger partial charge >= 0.3 is 0 Å². The van der Waals surface area contributed by atoms with E-state index in [0.29, 0.717) is 29.0 Å². The zero-order chi connectivity index (χ0) is 27.5. The average molecular weight is 537 g/mol. The summed E-state index contributed by atoms with van der Waals surface area (Å²) in [5.74, 6) is -0.823. The molecule has 5 rings (SSSR count). The van der Waals surface area contributed by atoms with E-state index in [-0.39, 0.29) is 17.3 Å². The maximum absolute atomic E-state index is 15.0. The Bertz CT molecular complexity index is 1500. The number of hydrogen-bond donors (Lipinski definition) is 1. The van der Waals surface area contributed by atoms with Crippen LogP contribution in [0.5, 0.6) is 17.4 Å². The van der Waals surface area contributed by atoms with E-state index < -0.39 is 17.5 Å². The predicted octanol–water partition coefficient (Wildman–Crippen LogP) is 4.30. The molecule has 2 aromatic heterocycles.